The first-order valence-electron chi connectivity index (χ1n) is 6.86. The summed E-state index contributed by atoms with van der Waals surface area (Å²) in [7, 11) is 0. The van der Waals surface area contributed by atoms with E-state index in [9.17, 15) is 0 Å². The van der Waals surface area contributed by atoms with Crippen LogP contribution in [0.4, 0.5) is 0 Å². The van der Waals surface area contributed by atoms with E-state index >= 15 is 0 Å². The van der Waals surface area contributed by atoms with Crippen LogP contribution in [-0.2, 0) is 6.54 Å². The number of hydrogen-bond donors (Lipinski definition) is 1. The smallest absolute Gasteiger partial charge is 0.125 e. The first-order valence-corrected chi connectivity index (χ1v) is 6.86. The molecule has 19 heavy (non-hydrogen) atoms. The van der Waals surface area contributed by atoms with Crippen molar-refractivity contribution >= 4 is 0 Å². The molecule has 0 saturated carbocycles. The number of hydrogen-bond acceptors (Lipinski definition) is 3. The van der Waals surface area contributed by atoms with E-state index in [2.05, 4.69) is 52.5 Å². The fraction of sp³-hybridized carbons (Fsp3) is 0.375. The van der Waals surface area contributed by atoms with Gasteiger partial charge in [-0.15, -0.1) is 0 Å². The van der Waals surface area contributed by atoms with Gasteiger partial charge in [0.2, 0.25) is 0 Å². The summed E-state index contributed by atoms with van der Waals surface area (Å²) in [5, 5.41) is 3.59. The Balaban J connectivity index is 2.01. The lowest BCUT2D eigenvalue weighted by atomic mass is 10.0. The average molecular weight is 255 g/mol. The standard InChI is InChI=1S/C16H21N3/c1-3-7-16(14-8-5-4-6-9-14)18-12-15-10-11-17-13(2)19-15/h4-6,8-11,16,18H,3,7,12H2,1-2H3. The van der Waals surface area contributed by atoms with Crippen molar-refractivity contribution in [2.45, 2.75) is 39.3 Å². The van der Waals surface area contributed by atoms with Gasteiger partial charge >= 0.3 is 0 Å². The molecule has 1 unspecified atom stereocenters. The molecule has 0 aliphatic carbocycles. The van der Waals surface area contributed by atoms with Crippen molar-refractivity contribution in [1.29, 1.82) is 0 Å². The first kappa shape index (κ1) is 13.7. The molecule has 1 heterocycles. The van der Waals surface area contributed by atoms with Gasteiger partial charge in [0.1, 0.15) is 5.82 Å². The van der Waals surface area contributed by atoms with Gasteiger partial charge in [0.05, 0.1) is 5.69 Å². The maximum Gasteiger partial charge on any atom is 0.125 e. The van der Waals surface area contributed by atoms with Crippen molar-refractivity contribution in [2.75, 3.05) is 0 Å². The monoisotopic (exact) mass is 255 g/mol. The molecule has 0 saturated heterocycles. The maximum atomic E-state index is 4.43. The summed E-state index contributed by atoms with van der Waals surface area (Å²) in [6, 6.07) is 13.0. The van der Waals surface area contributed by atoms with Crippen LogP contribution < -0.4 is 5.32 Å². The minimum absolute atomic E-state index is 0.390. The molecule has 1 aromatic heterocycles. The topological polar surface area (TPSA) is 37.8 Å². The van der Waals surface area contributed by atoms with Crippen LogP contribution in [0, 0.1) is 6.92 Å². The maximum absolute atomic E-state index is 4.43. The number of nitrogens with one attached hydrogen (secondary N) is 1. The third-order valence-corrected chi connectivity index (χ3v) is 3.14. The average Bonchev–Trinajstić information content (AvgIpc) is 2.44. The fourth-order valence-electron chi connectivity index (χ4n) is 2.19. The summed E-state index contributed by atoms with van der Waals surface area (Å²) in [5.74, 6) is 0.825. The van der Waals surface area contributed by atoms with E-state index in [0.717, 1.165) is 30.9 Å². The largest absolute Gasteiger partial charge is 0.304 e. The van der Waals surface area contributed by atoms with Gasteiger partial charge in [0.25, 0.3) is 0 Å². The zero-order valence-corrected chi connectivity index (χ0v) is 11.6. The molecule has 2 rings (SSSR count). The molecule has 3 nitrogen and oxygen atoms in total. The zero-order chi connectivity index (χ0) is 13.5. The lowest BCUT2D eigenvalue weighted by molar-refractivity contribution is 0.489. The van der Waals surface area contributed by atoms with E-state index in [1.165, 1.54) is 5.56 Å². The highest BCUT2D eigenvalue weighted by Crippen LogP contribution is 2.18. The Kier molecular flexibility index (Phi) is 5.04. The SMILES string of the molecule is CCCC(NCc1ccnc(C)n1)c1ccccc1. The predicted octanol–water partition coefficient (Wildman–Crippen LogP) is 3.42. The van der Waals surface area contributed by atoms with E-state index in [1.807, 2.05) is 19.2 Å². The highest BCUT2D eigenvalue weighted by molar-refractivity contribution is 5.19. The molecule has 1 aromatic carbocycles. The number of aryl methyl sites for hydroxylation is 1. The minimum Gasteiger partial charge on any atom is -0.304 e. The van der Waals surface area contributed by atoms with Gasteiger partial charge in [-0.1, -0.05) is 43.7 Å². The molecule has 1 atom stereocenters. The van der Waals surface area contributed by atoms with Crippen LogP contribution in [0.3, 0.4) is 0 Å². The molecule has 0 spiro atoms. The minimum atomic E-state index is 0.390. The highest BCUT2D eigenvalue weighted by atomic mass is 14.9. The highest BCUT2D eigenvalue weighted by Gasteiger charge is 2.09. The molecule has 100 valence electrons. The second-order valence-corrected chi connectivity index (χ2v) is 4.73. The van der Waals surface area contributed by atoms with Crippen LogP contribution in [0.5, 0.6) is 0 Å². The van der Waals surface area contributed by atoms with Crippen molar-refractivity contribution < 1.29 is 0 Å². The number of aromatic nitrogens is 2. The van der Waals surface area contributed by atoms with E-state index < -0.39 is 0 Å². The summed E-state index contributed by atoms with van der Waals surface area (Å²) in [4.78, 5) is 8.55. The van der Waals surface area contributed by atoms with Crippen molar-refractivity contribution in [2.24, 2.45) is 0 Å². The molecule has 0 radical (unpaired) electrons. The van der Waals surface area contributed by atoms with Crippen LogP contribution in [0.2, 0.25) is 0 Å². The summed E-state index contributed by atoms with van der Waals surface area (Å²) in [6.07, 6.45) is 4.11. The third-order valence-electron chi connectivity index (χ3n) is 3.14. The van der Waals surface area contributed by atoms with E-state index in [-0.39, 0.29) is 0 Å². The molecule has 1 N–H and O–H groups in total. The van der Waals surface area contributed by atoms with Crippen molar-refractivity contribution in [3.63, 3.8) is 0 Å². The van der Waals surface area contributed by atoms with Gasteiger partial charge < -0.3 is 5.32 Å². The van der Waals surface area contributed by atoms with Crippen LogP contribution in [0.25, 0.3) is 0 Å². The predicted molar refractivity (Wildman–Crippen MR) is 77.7 cm³/mol. The molecule has 0 bridgehead atoms. The molecule has 0 amide bonds. The summed E-state index contributed by atoms with van der Waals surface area (Å²) >= 11 is 0. The van der Waals surface area contributed by atoms with Gasteiger partial charge in [0, 0.05) is 18.8 Å². The summed E-state index contributed by atoms with van der Waals surface area (Å²) < 4.78 is 0. The van der Waals surface area contributed by atoms with Crippen molar-refractivity contribution in [3.8, 4) is 0 Å². The molecular weight excluding hydrogens is 234 g/mol. The first-order chi connectivity index (χ1) is 9.29. The van der Waals surface area contributed by atoms with Gasteiger partial charge in [-0.3, -0.25) is 0 Å². The lowest BCUT2D eigenvalue weighted by Crippen LogP contribution is -2.21. The Hall–Kier alpha value is -1.74. The van der Waals surface area contributed by atoms with Gasteiger partial charge in [0.15, 0.2) is 0 Å². The number of benzene rings is 1. The van der Waals surface area contributed by atoms with Gasteiger partial charge in [-0.05, 0) is 25.0 Å². The van der Waals surface area contributed by atoms with Gasteiger partial charge in [-0.2, -0.15) is 0 Å². The third kappa shape index (κ3) is 4.14. The molecule has 0 aliphatic heterocycles. The van der Waals surface area contributed by atoms with Crippen LogP contribution in [0.1, 0.15) is 42.9 Å². The van der Waals surface area contributed by atoms with Crippen molar-refractivity contribution in [1.82, 2.24) is 15.3 Å². The van der Waals surface area contributed by atoms with E-state index in [4.69, 9.17) is 0 Å². The Morgan fingerprint density at radius 2 is 1.95 bits per heavy atom. The number of nitrogens with zero attached hydrogens (tertiary/aromatic N) is 2. The quantitative estimate of drug-likeness (QED) is 0.859. The molecule has 2 aromatic rings. The molecule has 3 heteroatoms. The van der Waals surface area contributed by atoms with Gasteiger partial charge in [-0.25, -0.2) is 9.97 Å². The normalized spacial score (nSPS) is 12.3. The Morgan fingerprint density at radius 3 is 2.63 bits per heavy atom. The number of rotatable bonds is 6. The molecule has 0 fully saturated rings. The summed E-state index contributed by atoms with van der Waals surface area (Å²) in [5.41, 5.74) is 2.39. The molecular formula is C16H21N3. The second-order valence-electron chi connectivity index (χ2n) is 4.73. The Bertz CT molecular complexity index is 496. The van der Waals surface area contributed by atoms with Crippen LogP contribution >= 0.6 is 0 Å². The second kappa shape index (κ2) is 7.00. The fourth-order valence-corrected chi connectivity index (χ4v) is 2.19. The molecule has 0 aliphatic rings. The summed E-state index contributed by atoms with van der Waals surface area (Å²) in [6.45, 7) is 4.92. The van der Waals surface area contributed by atoms with E-state index in [0.29, 0.717) is 6.04 Å². The van der Waals surface area contributed by atoms with Crippen LogP contribution in [0.15, 0.2) is 42.6 Å². The van der Waals surface area contributed by atoms with Crippen molar-refractivity contribution in [3.05, 3.63) is 59.7 Å². The zero-order valence-electron chi connectivity index (χ0n) is 11.6. The lowest BCUT2D eigenvalue weighted by Gasteiger charge is -2.18. The van der Waals surface area contributed by atoms with Crippen LogP contribution in [-0.4, -0.2) is 9.97 Å². The Labute approximate surface area is 115 Å². The van der Waals surface area contributed by atoms with E-state index in [1.54, 1.807) is 0 Å². The Morgan fingerprint density at radius 1 is 1.16 bits per heavy atom.